The predicted molar refractivity (Wildman–Crippen MR) is 101 cm³/mol. The summed E-state index contributed by atoms with van der Waals surface area (Å²) in [5, 5.41) is 7.05. The zero-order valence-electron chi connectivity index (χ0n) is 13.3. The Balaban J connectivity index is 1.70. The average Bonchev–Trinajstić information content (AvgIpc) is 2.58. The standard InChI is InChI=1S/C18H14Cl2N4O/c1-11-7-14(20)5-6-16(11)24-18-21-9-12(10-22-18)17(25)23-15-4-2-3-13(19)8-15/h2-10H,1H3,(H,23,25)(H,21,22,24). The van der Waals surface area contributed by atoms with Gasteiger partial charge in [0.05, 0.1) is 5.56 Å². The number of hydrogen-bond donors (Lipinski definition) is 2. The van der Waals surface area contributed by atoms with E-state index in [1.807, 2.05) is 19.1 Å². The first kappa shape index (κ1) is 17.2. The minimum absolute atomic E-state index is 0.309. The van der Waals surface area contributed by atoms with Gasteiger partial charge in [-0.05, 0) is 48.9 Å². The van der Waals surface area contributed by atoms with E-state index in [2.05, 4.69) is 20.6 Å². The van der Waals surface area contributed by atoms with Gasteiger partial charge in [-0.3, -0.25) is 4.79 Å². The lowest BCUT2D eigenvalue weighted by atomic mass is 10.2. The van der Waals surface area contributed by atoms with E-state index in [4.69, 9.17) is 23.2 Å². The molecule has 0 aliphatic heterocycles. The molecule has 3 rings (SSSR count). The Kier molecular flexibility index (Phi) is 5.16. The maximum Gasteiger partial charge on any atom is 0.258 e. The molecule has 0 atom stereocenters. The van der Waals surface area contributed by atoms with Crippen molar-refractivity contribution in [1.82, 2.24) is 9.97 Å². The lowest BCUT2D eigenvalue weighted by Gasteiger charge is -2.09. The van der Waals surface area contributed by atoms with E-state index in [9.17, 15) is 4.79 Å². The van der Waals surface area contributed by atoms with Crippen molar-refractivity contribution in [3.8, 4) is 0 Å². The van der Waals surface area contributed by atoms with Crippen LogP contribution in [0.25, 0.3) is 0 Å². The van der Waals surface area contributed by atoms with E-state index in [-0.39, 0.29) is 5.91 Å². The van der Waals surface area contributed by atoms with E-state index in [0.717, 1.165) is 11.3 Å². The molecule has 1 aromatic heterocycles. The Labute approximate surface area is 155 Å². The third-order valence-corrected chi connectivity index (χ3v) is 3.90. The summed E-state index contributed by atoms with van der Waals surface area (Å²) in [6.45, 7) is 1.93. The van der Waals surface area contributed by atoms with Gasteiger partial charge in [-0.25, -0.2) is 9.97 Å². The van der Waals surface area contributed by atoms with Crippen LogP contribution < -0.4 is 10.6 Å². The van der Waals surface area contributed by atoms with Crippen LogP contribution in [0.15, 0.2) is 54.9 Å². The molecule has 7 heteroatoms. The first-order valence-electron chi connectivity index (χ1n) is 7.43. The fraction of sp³-hybridized carbons (Fsp3) is 0.0556. The van der Waals surface area contributed by atoms with E-state index >= 15 is 0 Å². The molecule has 1 heterocycles. The number of carbonyl (C=O) groups is 1. The number of anilines is 3. The third kappa shape index (κ3) is 4.47. The number of nitrogens with zero attached hydrogens (tertiary/aromatic N) is 2. The van der Waals surface area contributed by atoms with Crippen LogP contribution in [0.4, 0.5) is 17.3 Å². The summed E-state index contributed by atoms with van der Waals surface area (Å²) in [4.78, 5) is 20.6. The van der Waals surface area contributed by atoms with Gasteiger partial charge in [0.2, 0.25) is 5.95 Å². The van der Waals surface area contributed by atoms with Crippen molar-refractivity contribution in [3.05, 3.63) is 76.0 Å². The van der Waals surface area contributed by atoms with Gasteiger partial charge < -0.3 is 10.6 Å². The molecule has 1 amide bonds. The number of hydrogen-bond acceptors (Lipinski definition) is 4. The molecular formula is C18H14Cl2N4O. The highest BCUT2D eigenvalue weighted by molar-refractivity contribution is 6.31. The lowest BCUT2D eigenvalue weighted by molar-refractivity contribution is 0.102. The third-order valence-electron chi connectivity index (χ3n) is 3.43. The zero-order chi connectivity index (χ0) is 17.8. The average molecular weight is 373 g/mol. The molecule has 25 heavy (non-hydrogen) atoms. The van der Waals surface area contributed by atoms with Crippen molar-refractivity contribution < 1.29 is 4.79 Å². The van der Waals surface area contributed by atoms with Crippen LogP contribution in [0.2, 0.25) is 10.0 Å². The van der Waals surface area contributed by atoms with Gasteiger partial charge in [0.15, 0.2) is 0 Å². The second kappa shape index (κ2) is 7.51. The predicted octanol–water partition coefficient (Wildman–Crippen LogP) is 5.09. The molecule has 0 unspecified atom stereocenters. The number of carbonyl (C=O) groups excluding carboxylic acids is 1. The van der Waals surface area contributed by atoms with Crippen LogP contribution in [-0.4, -0.2) is 15.9 Å². The zero-order valence-corrected chi connectivity index (χ0v) is 14.8. The summed E-state index contributed by atoms with van der Waals surface area (Å²) in [5.74, 6) is 0.0845. The Morgan fingerprint density at radius 3 is 2.40 bits per heavy atom. The quantitative estimate of drug-likeness (QED) is 0.669. The minimum atomic E-state index is -0.309. The summed E-state index contributed by atoms with van der Waals surface area (Å²) in [5.41, 5.74) is 2.77. The van der Waals surface area contributed by atoms with E-state index < -0.39 is 0 Å². The number of aryl methyl sites for hydroxylation is 1. The largest absolute Gasteiger partial charge is 0.324 e. The molecule has 126 valence electrons. The van der Waals surface area contributed by atoms with Gasteiger partial charge >= 0.3 is 0 Å². The van der Waals surface area contributed by atoms with Gasteiger partial charge in [0.1, 0.15) is 0 Å². The van der Waals surface area contributed by atoms with Crippen LogP contribution in [-0.2, 0) is 0 Å². The van der Waals surface area contributed by atoms with Crippen molar-refractivity contribution in [1.29, 1.82) is 0 Å². The summed E-state index contributed by atoms with van der Waals surface area (Å²) < 4.78 is 0. The fourth-order valence-electron chi connectivity index (χ4n) is 2.17. The lowest BCUT2D eigenvalue weighted by Crippen LogP contribution is -2.13. The van der Waals surface area contributed by atoms with Gasteiger partial charge in [0, 0.05) is 33.8 Å². The van der Waals surface area contributed by atoms with Crippen molar-refractivity contribution in [2.75, 3.05) is 10.6 Å². The Morgan fingerprint density at radius 1 is 1.00 bits per heavy atom. The van der Waals surface area contributed by atoms with Gasteiger partial charge in [-0.1, -0.05) is 29.3 Å². The Bertz CT molecular complexity index is 913. The first-order valence-corrected chi connectivity index (χ1v) is 8.19. The maximum absolute atomic E-state index is 12.2. The number of amides is 1. The highest BCUT2D eigenvalue weighted by Gasteiger charge is 2.09. The summed E-state index contributed by atoms with van der Waals surface area (Å²) in [7, 11) is 0. The molecule has 2 N–H and O–H groups in total. The molecule has 0 spiro atoms. The van der Waals surface area contributed by atoms with Crippen LogP contribution in [0, 0.1) is 6.92 Å². The van der Waals surface area contributed by atoms with Crippen LogP contribution >= 0.6 is 23.2 Å². The normalized spacial score (nSPS) is 10.4. The van der Waals surface area contributed by atoms with Gasteiger partial charge in [-0.15, -0.1) is 0 Å². The monoisotopic (exact) mass is 372 g/mol. The molecule has 0 saturated carbocycles. The molecule has 0 saturated heterocycles. The second-order valence-corrected chi connectivity index (χ2v) is 6.22. The number of benzene rings is 2. The molecular weight excluding hydrogens is 359 g/mol. The topological polar surface area (TPSA) is 66.9 Å². The van der Waals surface area contributed by atoms with Gasteiger partial charge in [0.25, 0.3) is 5.91 Å². The second-order valence-electron chi connectivity index (χ2n) is 5.34. The fourth-order valence-corrected chi connectivity index (χ4v) is 2.58. The Hall–Kier alpha value is -2.63. The minimum Gasteiger partial charge on any atom is -0.324 e. The van der Waals surface area contributed by atoms with Crippen LogP contribution in [0.3, 0.4) is 0 Å². The number of rotatable bonds is 4. The highest BCUT2D eigenvalue weighted by Crippen LogP contribution is 2.22. The number of aromatic nitrogens is 2. The summed E-state index contributed by atoms with van der Waals surface area (Å²) in [6.07, 6.45) is 2.92. The summed E-state index contributed by atoms with van der Waals surface area (Å²) in [6, 6.07) is 12.4. The maximum atomic E-state index is 12.2. The van der Waals surface area contributed by atoms with Crippen molar-refractivity contribution in [3.63, 3.8) is 0 Å². The first-order chi connectivity index (χ1) is 12.0. The van der Waals surface area contributed by atoms with E-state index in [1.54, 1.807) is 30.3 Å². The van der Waals surface area contributed by atoms with Gasteiger partial charge in [-0.2, -0.15) is 0 Å². The highest BCUT2D eigenvalue weighted by atomic mass is 35.5. The molecule has 0 radical (unpaired) electrons. The number of halogens is 2. The smallest absolute Gasteiger partial charge is 0.258 e. The molecule has 0 aliphatic rings. The molecule has 0 aliphatic carbocycles. The molecule has 0 fully saturated rings. The molecule has 5 nitrogen and oxygen atoms in total. The SMILES string of the molecule is Cc1cc(Cl)ccc1Nc1ncc(C(=O)Nc2cccc(Cl)c2)cn1. The molecule has 3 aromatic rings. The van der Waals surface area contributed by atoms with Crippen molar-refractivity contribution in [2.24, 2.45) is 0 Å². The summed E-state index contributed by atoms with van der Waals surface area (Å²) >= 11 is 11.8. The van der Waals surface area contributed by atoms with E-state index in [1.165, 1.54) is 12.4 Å². The van der Waals surface area contributed by atoms with Crippen LogP contribution in [0.1, 0.15) is 15.9 Å². The van der Waals surface area contributed by atoms with E-state index in [0.29, 0.717) is 27.2 Å². The van der Waals surface area contributed by atoms with Crippen molar-refractivity contribution in [2.45, 2.75) is 6.92 Å². The van der Waals surface area contributed by atoms with Crippen molar-refractivity contribution >= 4 is 46.4 Å². The Morgan fingerprint density at radius 2 is 1.72 bits per heavy atom. The molecule has 0 bridgehead atoms. The van der Waals surface area contributed by atoms with Crippen LogP contribution in [0.5, 0.6) is 0 Å². The molecule has 2 aromatic carbocycles. The number of nitrogens with one attached hydrogen (secondary N) is 2.